The van der Waals surface area contributed by atoms with Gasteiger partial charge in [0.15, 0.2) is 0 Å². The van der Waals surface area contributed by atoms with Gasteiger partial charge in [-0.1, -0.05) is 32.0 Å². The number of phenolic OH excluding ortho intramolecular Hbond substituents is 2. The number of aromatic hydroxyl groups is 2. The zero-order valence-electron chi connectivity index (χ0n) is 19.7. The van der Waals surface area contributed by atoms with Crippen molar-refractivity contribution in [1.29, 1.82) is 0 Å². The molecular formula is C28H27N3O4. The Morgan fingerprint density at radius 3 is 2.49 bits per heavy atom. The highest BCUT2D eigenvalue weighted by atomic mass is 16.5. The van der Waals surface area contributed by atoms with Crippen LogP contribution < -0.4 is 10.2 Å². The first kappa shape index (κ1) is 23.8. The maximum Gasteiger partial charge on any atom is 0.272 e. The molecule has 1 amide bonds. The lowest BCUT2D eigenvalue weighted by Crippen LogP contribution is -2.20. The second-order valence-corrected chi connectivity index (χ2v) is 8.00. The number of para-hydroxylation sites is 1. The highest BCUT2D eigenvalue weighted by Gasteiger charge is 2.15. The molecular weight excluding hydrogens is 442 g/mol. The molecule has 1 heterocycles. The fourth-order valence-electron chi connectivity index (χ4n) is 3.72. The largest absolute Gasteiger partial charge is 0.508 e. The lowest BCUT2D eigenvalue weighted by atomic mass is 10.0. The average molecular weight is 470 g/mol. The molecule has 3 N–H and O–H groups in total. The fourth-order valence-corrected chi connectivity index (χ4v) is 3.72. The van der Waals surface area contributed by atoms with Gasteiger partial charge in [-0.3, -0.25) is 4.79 Å². The molecule has 0 aliphatic heterocycles. The van der Waals surface area contributed by atoms with Crippen LogP contribution in [-0.2, 0) is 0 Å². The van der Waals surface area contributed by atoms with E-state index in [9.17, 15) is 15.0 Å². The lowest BCUT2D eigenvalue weighted by molar-refractivity contribution is 0.0956. The molecule has 0 unspecified atom stereocenters. The Balaban J connectivity index is 1.68. The number of amides is 1. The third-order valence-electron chi connectivity index (χ3n) is 5.50. The van der Waals surface area contributed by atoms with E-state index in [-0.39, 0.29) is 11.5 Å². The van der Waals surface area contributed by atoms with Crippen molar-refractivity contribution >= 4 is 22.5 Å². The number of carbonyl (C=O) groups excluding carboxylic acids is 1. The molecule has 0 spiro atoms. The summed E-state index contributed by atoms with van der Waals surface area (Å²) in [5, 5.41) is 24.9. The third-order valence-corrected chi connectivity index (χ3v) is 5.50. The van der Waals surface area contributed by atoms with Crippen molar-refractivity contribution in [2.45, 2.75) is 26.7 Å². The molecule has 0 atom stereocenters. The van der Waals surface area contributed by atoms with E-state index in [1.807, 2.05) is 55.5 Å². The van der Waals surface area contributed by atoms with Crippen molar-refractivity contribution in [3.05, 3.63) is 83.9 Å². The molecule has 0 saturated carbocycles. The van der Waals surface area contributed by atoms with E-state index in [4.69, 9.17) is 9.72 Å². The summed E-state index contributed by atoms with van der Waals surface area (Å²) >= 11 is 0. The van der Waals surface area contributed by atoms with Gasteiger partial charge in [0.25, 0.3) is 5.91 Å². The number of ether oxygens (including phenoxy) is 1. The lowest BCUT2D eigenvalue weighted by Gasteiger charge is -2.11. The molecule has 35 heavy (non-hydrogen) atoms. The second-order valence-electron chi connectivity index (χ2n) is 8.00. The predicted octanol–water partition coefficient (Wildman–Crippen LogP) is 5.65. The molecule has 0 saturated heterocycles. The van der Waals surface area contributed by atoms with Gasteiger partial charge in [-0.05, 0) is 67.4 Å². The van der Waals surface area contributed by atoms with Crippen molar-refractivity contribution in [2.75, 3.05) is 6.61 Å². The van der Waals surface area contributed by atoms with Crippen LogP contribution in [0.5, 0.6) is 17.2 Å². The van der Waals surface area contributed by atoms with Gasteiger partial charge in [-0.15, -0.1) is 0 Å². The normalized spacial score (nSPS) is 11.4. The smallest absolute Gasteiger partial charge is 0.272 e. The van der Waals surface area contributed by atoms with Gasteiger partial charge in [0.05, 0.1) is 29.1 Å². The second kappa shape index (κ2) is 10.7. The Bertz CT molecular complexity index is 1380. The van der Waals surface area contributed by atoms with Gasteiger partial charge >= 0.3 is 0 Å². The van der Waals surface area contributed by atoms with Crippen LogP contribution in [0.3, 0.4) is 0 Å². The Labute approximate surface area is 203 Å². The SMILES string of the molecule is CCCOc1ccc(-c2cc(C(=O)NN=C(CC)c3cc(O)ccc3O)c3ccccc3n2)cc1. The molecule has 178 valence electrons. The molecule has 1 aromatic heterocycles. The first-order valence-electron chi connectivity index (χ1n) is 11.5. The minimum atomic E-state index is -0.404. The van der Waals surface area contributed by atoms with Crippen LogP contribution >= 0.6 is 0 Å². The Kier molecular flexibility index (Phi) is 7.26. The summed E-state index contributed by atoms with van der Waals surface area (Å²) in [6, 6.07) is 21.0. The van der Waals surface area contributed by atoms with Gasteiger partial charge in [0.2, 0.25) is 0 Å². The van der Waals surface area contributed by atoms with Gasteiger partial charge in [-0.25, -0.2) is 10.4 Å². The van der Waals surface area contributed by atoms with Gasteiger partial charge in [0.1, 0.15) is 17.2 Å². The minimum absolute atomic E-state index is 0.00107. The quantitative estimate of drug-likeness (QED) is 0.176. The van der Waals surface area contributed by atoms with Crippen LogP contribution in [0, 0.1) is 0 Å². The van der Waals surface area contributed by atoms with Gasteiger partial charge in [0, 0.05) is 16.5 Å². The molecule has 0 aliphatic rings. The van der Waals surface area contributed by atoms with Crippen LogP contribution in [0.1, 0.15) is 42.6 Å². The van der Waals surface area contributed by atoms with E-state index >= 15 is 0 Å². The molecule has 0 bridgehead atoms. The highest BCUT2D eigenvalue weighted by molar-refractivity contribution is 6.08. The topological polar surface area (TPSA) is 104 Å². The van der Waals surface area contributed by atoms with E-state index in [2.05, 4.69) is 17.5 Å². The predicted molar refractivity (Wildman–Crippen MR) is 137 cm³/mol. The zero-order chi connectivity index (χ0) is 24.8. The highest BCUT2D eigenvalue weighted by Crippen LogP contribution is 2.27. The molecule has 4 rings (SSSR count). The molecule has 4 aromatic rings. The molecule has 0 fully saturated rings. The fraction of sp³-hybridized carbons (Fsp3) is 0.179. The first-order valence-corrected chi connectivity index (χ1v) is 11.5. The monoisotopic (exact) mass is 469 g/mol. The standard InChI is InChI=1S/C28H27N3O4/c1-3-15-35-20-12-9-18(10-13-20)26-17-22(21-7-5-6-8-25(21)29-26)28(34)31-30-24(4-2)23-16-19(32)11-14-27(23)33/h5-14,16-17,32-33H,3-4,15H2,1-2H3,(H,31,34). The Morgan fingerprint density at radius 2 is 1.74 bits per heavy atom. The van der Waals surface area contributed by atoms with Crippen LogP contribution in [-0.4, -0.2) is 33.4 Å². The summed E-state index contributed by atoms with van der Waals surface area (Å²) < 4.78 is 5.66. The molecule has 7 nitrogen and oxygen atoms in total. The molecule has 3 aromatic carbocycles. The molecule has 7 heteroatoms. The van der Waals surface area contributed by atoms with Crippen molar-refractivity contribution in [3.8, 4) is 28.5 Å². The van der Waals surface area contributed by atoms with E-state index in [1.165, 1.54) is 18.2 Å². The minimum Gasteiger partial charge on any atom is -0.508 e. The van der Waals surface area contributed by atoms with Crippen LogP contribution in [0.2, 0.25) is 0 Å². The third kappa shape index (κ3) is 5.41. The summed E-state index contributed by atoms with van der Waals surface area (Å²) in [7, 11) is 0. The number of hydrazone groups is 1. The number of hydrogen-bond donors (Lipinski definition) is 3. The number of pyridine rings is 1. The van der Waals surface area contributed by atoms with Crippen molar-refractivity contribution in [1.82, 2.24) is 10.4 Å². The maximum absolute atomic E-state index is 13.2. The van der Waals surface area contributed by atoms with Gasteiger partial charge < -0.3 is 14.9 Å². The number of aromatic nitrogens is 1. The van der Waals surface area contributed by atoms with E-state index in [1.54, 1.807) is 6.07 Å². The summed E-state index contributed by atoms with van der Waals surface area (Å²) in [6.07, 6.45) is 1.37. The number of nitrogens with one attached hydrogen (secondary N) is 1. The number of benzene rings is 3. The average Bonchev–Trinajstić information content (AvgIpc) is 2.89. The molecule has 0 aliphatic carbocycles. The van der Waals surface area contributed by atoms with Crippen LogP contribution in [0.15, 0.2) is 77.9 Å². The summed E-state index contributed by atoms with van der Waals surface area (Å²) in [4.78, 5) is 18.0. The maximum atomic E-state index is 13.2. The number of carbonyl (C=O) groups is 1. The number of nitrogens with zero attached hydrogens (tertiary/aromatic N) is 2. The first-order chi connectivity index (χ1) is 17.0. The number of hydrogen-bond acceptors (Lipinski definition) is 6. The summed E-state index contributed by atoms with van der Waals surface area (Å²) in [5.74, 6) is 0.353. The molecule has 0 radical (unpaired) electrons. The summed E-state index contributed by atoms with van der Waals surface area (Å²) in [6.45, 7) is 4.56. The van der Waals surface area contributed by atoms with Crippen molar-refractivity contribution in [2.24, 2.45) is 5.10 Å². The van der Waals surface area contributed by atoms with Gasteiger partial charge in [-0.2, -0.15) is 5.10 Å². The van der Waals surface area contributed by atoms with Crippen molar-refractivity contribution < 1.29 is 19.7 Å². The van der Waals surface area contributed by atoms with Crippen molar-refractivity contribution in [3.63, 3.8) is 0 Å². The Morgan fingerprint density at radius 1 is 0.971 bits per heavy atom. The van der Waals surface area contributed by atoms with E-state index in [0.29, 0.717) is 46.5 Å². The number of rotatable bonds is 8. The van der Waals surface area contributed by atoms with Crippen LogP contribution in [0.25, 0.3) is 22.2 Å². The summed E-state index contributed by atoms with van der Waals surface area (Å²) in [5.41, 5.74) is 6.03. The number of fused-ring (bicyclic) bond motifs is 1. The zero-order valence-corrected chi connectivity index (χ0v) is 19.7. The van der Waals surface area contributed by atoms with E-state index < -0.39 is 5.91 Å². The van der Waals surface area contributed by atoms with E-state index in [0.717, 1.165) is 17.7 Å². The number of phenols is 2. The van der Waals surface area contributed by atoms with Crippen LogP contribution in [0.4, 0.5) is 0 Å². The Hall–Kier alpha value is -4.39.